The first-order valence-corrected chi connectivity index (χ1v) is 7.43. The summed E-state index contributed by atoms with van der Waals surface area (Å²) in [6, 6.07) is 1.88. The summed E-state index contributed by atoms with van der Waals surface area (Å²) in [6.07, 6.45) is -3.92. The second-order valence-electron chi connectivity index (χ2n) is 4.76. The van der Waals surface area contributed by atoms with E-state index in [4.69, 9.17) is 11.6 Å². The maximum absolute atomic E-state index is 12.7. The van der Waals surface area contributed by atoms with Gasteiger partial charge >= 0.3 is 6.18 Å². The first-order chi connectivity index (χ1) is 9.45. The fourth-order valence-electron chi connectivity index (χ4n) is 2.47. The van der Waals surface area contributed by atoms with E-state index in [1.807, 2.05) is 16.3 Å². The Balaban J connectivity index is 1.85. The summed E-state index contributed by atoms with van der Waals surface area (Å²) < 4.78 is 38.0. The highest BCUT2D eigenvalue weighted by molar-refractivity contribution is 7.16. The van der Waals surface area contributed by atoms with Crippen LogP contribution in [0.2, 0.25) is 5.28 Å². The van der Waals surface area contributed by atoms with Gasteiger partial charge in [0.25, 0.3) is 0 Å². The van der Waals surface area contributed by atoms with Crippen LogP contribution in [-0.2, 0) is 0 Å². The molecule has 108 valence electrons. The summed E-state index contributed by atoms with van der Waals surface area (Å²) in [5.74, 6) is -0.573. The molecule has 0 amide bonds. The number of hydrogen-bond donors (Lipinski definition) is 0. The average Bonchev–Trinajstić information content (AvgIpc) is 2.85. The van der Waals surface area contributed by atoms with Crippen molar-refractivity contribution in [3.8, 4) is 0 Å². The van der Waals surface area contributed by atoms with Gasteiger partial charge < -0.3 is 4.90 Å². The number of nitrogens with zero attached hydrogens (tertiary/aromatic N) is 3. The molecule has 0 saturated carbocycles. The third-order valence-corrected chi connectivity index (χ3v) is 4.51. The number of fused-ring (bicyclic) bond motifs is 1. The summed E-state index contributed by atoms with van der Waals surface area (Å²) in [4.78, 5) is 10.9. The summed E-state index contributed by atoms with van der Waals surface area (Å²) in [5.41, 5.74) is 0. The molecule has 0 unspecified atom stereocenters. The number of halogens is 4. The van der Waals surface area contributed by atoms with Crippen molar-refractivity contribution in [2.75, 3.05) is 18.0 Å². The number of rotatable bonds is 1. The van der Waals surface area contributed by atoms with Gasteiger partial charge in [-0.25, -0.2) is 4.98 Å². The Morgan fingerprint density at radius 1 is 1.25 bits per heavy atom. The molecule has 2 aromatic heterocycles. The van der Waals surface area contributed by atoms with Crippen molar-refractivity contribution in [3.63, 3.8) is 0 Å². The van der Waals surface area contributed by atoms with Crippen LogP contribution in [0.1, 0.15) is 12.8 Å². The number of thiophene rings is 1. The number of alkyl halides is 3. The number of anilines is 1. The molecule has 3 heterocycles. The van der Waals surface area contributed by atoms with Gasteiger partial charge in [-0.2, -0.15) is 18.2 Å². The molecule has 0 bridgehead atoms. The minimum Gasteiger partial charge on any atom is -0.356 e. The van der Waals surface area contributed by atoms with E-state index in [9.17, 15) is 13.2 Å². The minimum absolute atomic E-state index is 0.0940. The Labute approximate surface area is 122 Å². The molecule has 1 aliphatic heterocycles. The zero-order valence-electron chi connectivity index (χ0n) is 10.3. The van der Waals surface area contributed by atoms with E-state index in [0.717, 1.165) is 10.2 Å². The van der Waals surface area contributed by atoms with Crippen molar-refractivity contribution in [2.24, 2.45) is 5.92 Å². The first-order valence-electron chi connectivity index (χ1n) is 6.17. The Bertz CT molecular complexity index is 620. The highest BCUT2D eigenvalue weighted by Gasteiger charge is 2.41. The van der Waals surface area contributed by atoms with E-state index in [1.165, 1.54) is 11.3 Å². The summed E-state index contributed by atoms with van der Waals surface area (Å²) >= 11 is 7.32. The third kappa shape index (κ3) is 2.56. The molecule has 0 atom stereocenters. The number of piperidine rings is 1. The fourth-order valence-corrected chi connectivity index (χ4v) is 3.45. The molecule has 1 fully saturated rings. The largest absolute Gasteiger partial charge is 0.391 e. The zero-order chi connectivity index (χ0) is 14.3. The van der Waals surface area contributed by atoms with Crippen molar-refractivity contribution in [2.45, 2.75) is 19.0 Å². The molecule has 1 saturated heterocycles. The number of hydrogen-bond acceptors (Lipinski definition) is 4. The van der Waals surface area contributed by atoms with Crippen LogP contribution in [0.3, 0.4) is 0 Å². The molecule has 8 heteroatoms. The topological polar surface area (TPSA) is 29.0 Å². The summed E-state index contributed by atoms with van der Waals surface area (Å²) in [6.45, 7) is 0.672. The van der Waals surface area contributed by atoms with Crippen molar-refractivity contribution in [3.05, 3.63) is 16.7 Å². The molecule has 3 nitrogen and oxygen atoms in total. The Kier molecular flexibility index (Phi) is 3.50. The van der Waals surface area contributed by atoms with Crippen LogP contribution in [0.4, 0.5) is 19.0 Å². The lowest BCUT2D eigenvalue weighted by atomic mass is 9.96. The SMILES string of the molecule is FC(F)(F)C1CCN(c2nc(Cl)nc3sccc23)CC1. The Morgan fingerprint density at radius 3 is 2.60 bits per heavy atom. The van der Waals surface area contributed by atoms with Crippen LogP contribution in [0.25, 0.3) is 10.2 Å². The standard InChI is InChI=1S/C12H11ClF3N3S/c13-11-17-9(8-3-6-20-10(8)18-11)19-4-1-7(2-5-19)12(14,15)16/h3,6-7H,1-2,4-5H2. The van der Waals surface area contributed by atoms with Crippen LogP contribution in [0.15, 0.2) is 11.4 Å². The van der Waals surface area contributed by atoms with Gasteiger partial charge in [0.05, 0.1) is 11.3 Å². The Morgan fingerprint density at radius 2 is 1.95 bits per heavy atom. The van der Waals surface area contributed by atoms with E-state index in [1.54, 1.807) is 0 Å². The predicted octanol–water partition coefficient (Wildman–Crippen LogP) is 4.12. The lowest BCUT2D eigenvalue weighted by Crippen LogP contribution is -2.39. The summed E-state index contributed by atoms with van der Waals surface area (Å²) in [5, 5.41) is 2.86. The molecule has 2 aromatic rings. The van der Waals surface area contributed by atoms with Gasteiger partial charge in [0.1, 0.15) is 10.6 Å². The quantitative estimate of drug-likeness (QED) is 0.740. The summed E-state index contributed by atoms with van der Waals surface area (Å²) in [7, 11) is 0. The number of aromatic nitrogens is 2. The van der Waals surface area contributed by atoms with Gasteiger partial charge in [0.15, 0.2) is 0 Å². The monoisotopic (exact) mass is 321 g/mol. The van der Waals surface area contributed by atoms with Crippen LogP contribution in [0, 0.1) is 5.92 Å². The molecule has 0 radical (unpaired) electrons. The molecule has 0 aromatic carbocycles. The highest BCUT2D eigenvalue weighted by Crippen LogP contribution is 2.37. The normalized spacial score (nSPS) is 17.9. The lowest BCUT2D eigenvalue weighted by molar-refractivity contribution is -0.179. The van der Waals surface area contributed by atoms with Gasteiger partial charge in [-0.15, -0.1) is 11.3 Å². The maximum Gasteiger partial charge on any atom is 0.391 e. The van der Waals surface area contributed by atoms with Gasteiger partial charge in [0, 0.05) is 13.1 Å². The van der Waals surface area contributed by atoms with E-state index >= 15 is 0 Å². The van der Waals surface area contributed by atoms with Gasteiger partial charge in [-0.05, 0) is 35.9 Å². The van der Waals surface area contributed by atoms with E-state index in [0.29, 0.717) is 18.9 Å². The zero-order valence-corrected chi connectivity index (χ0v) is 11.9. The third-order valence-electron chi connectivity index (χ3n) is 3.54. The van der Waals surface area contributed by atoms with Gasteiger partial charge in [-0.3, -0.25) is 0 Å². The predicted molar refractivity (Wildman–Crippen MR) is 73.4 cm³/mol. The molecular weight excluding hydrogens is 311 g/mol. The van der Waals surface area contributed by atoms with Crippen molar-refractivity contribution in [1.82, 2.24) is 9.97 Å². The van der Waals surface area contributed by atoms with Crippen molar-refractivity contribution in [1.29, 1.82) is 0 Å². The van der Waals surface area contributed by atoms with Crippen molar-refractivity contribution < 1.29 is 13.2 Å². The minimum atomic E-state index is -4.10. The lowest BCUT2D eigenvalue weighted by Gasteiger charge is -2.33. The highest BCUT2D eigenvalue weighted by atomic mass is 35.5. The molecule has 1 aliphatic rings. The van der Waals surface area contributed by atoms with E-state index in [-0.39, 0.29) is 18.1 Å². The van der Waals surface area contributed by atoms with Gasteiger partial charge in [-0.1, -0.05) is 0 Å². The molecule has 0 aliphatic carbocycles. The van der Waals surface area contributed by atoms with Gasteiger partial charge in [0.2, 0.25) is 5.28 Å². The molecule has 20 heavy (non-hydrogen) atoms. The fraction of sp³-hybridized carbons (Fsp3) is 0.500. The van der Waals surface area contributed by atoms with Crippen molar-refractivity contribution >= 4 is 39.0 Å². The molecule has 0 spiro atoms. The maximum atomic E-state index is 12.7. The van der Waals surface area contributed by atoms with E-state index in [2.05, 4.69) is 9.97 Å². The first kappa shape index (κ1) is 13.9. The average molecular weight is 322 g/mol. The molecular formula is C12H11ClF3N3S. The second-order valence-corrected chi connectivity index (χ2v) is 5.99. The van der Waals surface area contributed by atoms with Crippen LogP contribution in [0.5, 0.6) is 0 Å². The van der Waals surface area contributed by atoms with Crippen LogP contribution < -0.4 is 4.90 Å². The van der Waals surface area contributed by atoms with Crippen LogP contribution >= 0.6 is 22.9 Å². The molecule has 3 rings (SSSR count). The van der Waals surface area contributed by atoms with E-state index < -0.39 is 12.1 Å². The van der Waals surface area contributed by atoms with Crippen LogP contribution in [-0.4, -0.2) is 29.2 Å². The Hall–Kier alpha value is -1.08. The smallest absolute Gasteiger partial charge is 0.356 e. The second kappa shape index (κ2) is 5.04. The molecule has 0 N–H and O–H groups in total.